The molecule has 0 saturated heterocycles. The topological polar surface area (TPSA) is 84.5 Å². The van der Waals surface area contributed by atoms with Crippen LogP contribution in [0.5, 0.6) is 5.75 Å². The summed E-state index contributed by atoms with van der Waals surface area (Å²) >= 11 is 0. The Bertz CT molecular complexity index is 667. The Hall–Kier alpha value is -1.86. The highest BCUT2D eigenvalue weighted by Crippen LogP contribution is 2.34. The maximum Gasteiger partial charge on any atom is 0.265 e. The van der Waals surface area contributed by atoms with Gasteiger partial charge in [0.2, 0.25) is 10.0 Å². The Morgan fingerprint density at radius 2 is 2.20 bits per heavy atom. The Labute approximate surface area is 117 Å². The molecule has 2 rings (SSSR count). The lowest BCUT2D eigenvalue weighted by Crippen LogP contribution is -2.34. The van der Waals surface area contributed by atoms with Crippen molar-refractivity contribution < 1.29 is 17.9 Å². The molecule has 1 atom stereocenters. The fourth-order valence-electron chi connectivity index (χ4n) is 1.88. The summed E-state index contributed by atoms with van der Waals surface area (Å²) in [6.45, 7) is 6.87. The van der Waals surface area contributed by atoms with Gasteiger partial charge in [-0.15, -0.1) is 6.58 Å². The van der Waals surface area contributed by atoms with Gasteiger partial charge in [-0.05, 0) is 25.5 Å². The molecule has 1 heterocycles. The zero-order valence-corrected chi connectivity index (χ0v) is 12.1. The molecule has 6 nitrogen and oxygen atoms in total. The van der Waals surface area contributed by atoms with Crippen molar-refractivity contribution in [3.05, 3.63) is 30.4 Å². The molecule has 1 aromatic rings. The molecule has 1 aliphatic rings. The molecular weight excluding hydrogens is 280 g/mol. The SMILES string of the molecule is C=CCNS(=O)(=O)c1cc2c(cc1C)NC(=O)C(C)O2. The molecule has 1 aliphatic heterocycles. The molecule has 0 aromatic heterocycles. The number of carbonyl (C=O) groups is 1. The van der Waals surface area contributed by atoms with Crippen molar-refractivity contribution in [2.75, 3.05) is 11.9 Å². The third-order valence-corrected chi connectivity index (χ3v) is 4.48. The number of anilines is 1. The van der Waals surface area contributed by atoms with Crippen molar-refractivity contribution in [3.63, 3.8) is 0 Å². The summed E-state index contributed by atoms with van der Waals surface area (Å²) in [6.07, 6.45) is 0.811. The van der Waals surface area contributed by atoms with E-state index in [0.717, 1.165) is 0 Å². The number of sulfonamides is 1. The van der Waals surface area contributed by atoms with Crippen LogP contribution in [0.4, 0.5) is 5.69 Å². The first-order valence-electron chi connectivity index (χ1n) is 6.08. The van der Waals surface area contributed by atoms with E-state index in [0.29, 0.717) is 17.0 Å². The second-order valence-electron chi connectivity index (χ2n) is 4.50. The van der Waals surface area contributed by atoms with Crippen LogP contribution in [-0.4, -0.2) is 27.0 Å². The third kappa shape index (κ3) is 2.68. The summed E-state index contributed by atoms with van der Waals surface area (Å²) in [5.41, 5.74) is 1.01. The number of fused-ring (bicyclic) bond motifs is 1. The van der Waals surface area contributed by atoms with E-state index in [1.54, 1.807) is 19.9 Å². The van der Waals surface area contributed by atoms with Crippen LogP contribution in [0.2, 0.25) is 0 Å². The van der Waals surface area contributed by atoms with E-state index in [9.17, 15) is 13.2 Å². The smallest absolute Gasteiger partial charge is 0.265 e. The van der Waals surface area contributed by atoms with Crippen LogP contribution in [-0.2, 0) is 14.8 Å². The van der Waals surface area contributed by atoms with Crippen LogP contribution in [0.1, 0.15) is 12.5 Å². The van der Waals surface area contributed by atoms with Crippen molar-refractivity contribution in [1.82, 2.24) is 4.72 Å². The van der Waals surface area contributed by atoms with Gasteiger partial charge < -0.3 is 10.1 Å². The normalized spacial score (nSPS) is 17.9. The second-order valence-corrected chi connectivity index (χ2v) is 6.24. The van der Waals surface area contributed by atoms with Crippen molar-refractivity contribution in [3.8, 4) is 5.75 Å². The Morgan fingerprint density at radius 3 is 2.85 bits per heavy atom. The minimum Gasteiger partial charge on any atom is -0.479 e. The number of hydrogen-bond donors (Lipinski definition) is 2. The molecule has 0 radical (unpaired) electrons. The van der Waals surface area contributed by atoms with E-state index in [1.165, 1.54) is 12.1 Å². The molecule has 0 fully saturated rings. The van der Waals surface area contributed by atoms with E-state index in [4.69, 9.17) is 4.74 Å². The number of amides is 1. The lowest BCUT2D eigenvalue weighted by Gasteiger charge is -2.24. The summed E-state index contributed by atoms with van der Waals surface area (Å²) < 4.78 is 32.1. The highest BCUT2D eigenvalue weighted by Gasteiger charge is 2.27. The molecule has 1 amide bonds. The van der Waals surface area contributed by atoms with E-state index in [2.05, 4.69) is 16.6 Å². The molecule has 2 N–H and O–H groups in total. The number of hydrogen-bond acceptors (Lipinski definition) is 4. The van der Waals surface area contributed by atoms with Gasteiger partial charge in [0.15, 0.2) is 6.10 Å². The number of nitrogens with one attached hydrogen (secondary N) is 2. The lowest BCUT2D eigenvalue weighted by molar-refractivity contribution is -0.122. The number of ether oxygens (including phenoxy) is 1. The maximum absolute atomic E-state index is 12.1. The van der Waals surface area contributed by atoms with Gasteiger partial charge in [0.25, 0.3) is 5.91 Å². The average Bonchev–Trinajstić information content (AvgIpc) is 2.37. The van der Waals surface area contributed by atoms with Gasteiger partial charge >= 0.3 is 0 Å². The minimum absolute atomic E-state index is 0.126. The summed E-state index contributed by atoms with van der Waals surface area (Å²) in [6, 6.07) is 3.01. The predicted octanol–water partition coefficient (Wildman–Crippen LogP) is 1.18. The van der Waals surface area contributed by atoms with Crippen LogP contribution in [0.3, 0.4) is 0 Å². The first-order valence-corrected chi connectivity index (χ1v) is 7.56. The molecule has 1 unspecified atom stereocenters. The Balaban J connectivity index is 2.45. The average molecular weight is 296 g/mol. The van der Waals surface area contributed by atoms with E-state index in [1.807, 2.05) is 0 Å². The van der Waals surface area contributed by atoms with E-state index in [-0.39, 0.29) is 17.3 Å². The fraction of sp³-hybridized carbons (Fsp3) is 0.308. The lowest BCUT2D eigenvalue weighted by atomic mass is 10.1. The van der Waals surface area contributed by atoms with Crippen LogP contribution < -0.4 is 14.8 Å². The molecule has 1 aromatic carbocycles. The first-order chi connectivity index (χ1) is 9.35. The summed E-state index contributed by atoms with van der Waals surface area (Å²) in [7, 11) is -3.63. The molecule has 20 heavy (non-hydrogen) atoms. The van der Waals surface area contributed by atoms with Gasteiger partial charge in [-0.25, -0.2) is 13.1 Å². The number of carbonyl (C=O) groups excluding carboxylic acids is 1. The Morgan fingerprint density at radius 1 is 1.50 bits per heavy atom. The van der Waals surface area contributed by atoms with Crippen molar-refractivity contribution >= 4 is 21.6 Å². The zero-order chi connectivity index (χ0) is 14.9. The number of rotatable bonds is 4. The van der Waals surface area contributed by atoms with Gasteiger partial charge in [0, 0.05) is 12.6 Å². The minimum atomic E-state index is -3.63. The molecular formula is C13H16N2O4S. The third-order valence-electron chi connectivity index (χ3n) is 2.92. The highest BCUT2D eigenvalue weighted by molar-refractivity contribution is 7.89. The molecule has 0 bridgehead atoms. The summed E-state index contributed by atoms with van der Waals surface area (Å²) in [5, 5.41) is 2.68. The summed E-state index contributed by atoms with van der Waals surface area (Å²) in [4.78, 5) is 11.6. The zero-order valence-electron chi connectivity index (χ0n) is 11.3. The maximum atomic E-state index is 12.1. The molecule has 0 saturated carbocycles. The molecule has 0 aliphatic carbocycles. The molecule has 108 valence electrons. The first kappa shape index (κ1) is 14.5. The van der Waals surface area contributed by atoms with Gasteiger partial charge in [-0.3, -0.25) is 4.79 Å². The van der Waals surface area contributed by atoms with Crippen molar-refractivity contribution in [1.29, 1.82) is 0 Å². The predicted molar refractivity (Wildman–Crippen MR) is 75.3 cm³/mol. The van der Waals surface area contributed by atoms with E-state index >= 15 is 0 Å². The molecule has 0 spiro atoms. The summed E-state index contributed by atoms with van der Waals surface area (Å²) in [5.74, 6) is 0.0963. The number of benzene rings is 1. The largest absolute Gasteiger partial charge is 0.479 e. The van der Waals surface area contributed by atoms with Gasteiger partial charge in [-0.1, -0.05) is 6.08 Å². The van der Waals surface area contributed by atoms with Gasteiger partial charge in [-0.2, -0.15) is 0 Å². The van der Waals surface area contributed by atoms with Gasteiger partial charge in [0.1, 0.15) is 5.75 Å². The van der Waals surface area contributed by atoms with Crippen molar-refractivity contribution in [2.24, 2.45) is 0 Å². The quantitative estimate of drug-likeness (QED) is 0.817. The van der Waals surface area contributed by atoms with E-state index < -0.39 is 16.1 Å². The van der Waals surface area contributed by atoms with Gasteiger partial charge in [0.05, 0.1) is 10.6 Å². The highest BCUT2D eigenvalue weighted by atomic mass is 32.2. The standard InChI is InChI=1S/C13H16N2O4S/c1-4-5-14-20(17,18)12-7-11-10(6-8(12)2)15-13(16)9(3)19-11/h4,6-7,9,14H,1,5H2,2-3H3,(H,15,16). The molecule has 7 heteroatoms. The van der Waals surface area contributed by atoms with Crippen LogP contribution in [0.25, 0.3) is 0 Å². The number of aryl methyl sites for hydroxylation is 1. The van der Waals surface area contributed by atoms with Crippen LogP contribution >= 0.6 is 0 Å². The fourth-order valence-corrected chi connectivity index (χ4v) is 3.12. The van der Waals surface area contributed by atoms with Crippen molar-refractivity contribution in [2.45, 2.75) is 24.8 Å². The van der Waals surface area contributed by atoms with Crippen LogP contribution in [0.15, 0.2) is 29.7 Å². The second kappa shape index (κ2) is 5.26. The monoisotopic (exact) mass is 296 g/mol. The van der Waals surface area contributed by atoms with Crippen LogP contribution in [0, 0.1) is 6.92 Å². The Kier molecular flexibility index (Phi) is 3.82.